The van der Waals surface area contributed by atoms with E-state index in [9.17, 15) is 0 Å². The number of hydrogen-bond acceptors (Lipinski definition) is 2. The van der Waals surface area contributed by atoms with Gasteiger partial charge in [0.1, 0.15) is 5.82 Å². The second kappa shape index (κ2) is 9.76. The number of H-pyrrole nitrogens is 2. The Morgan fingerprint density at radius 2 is 1.80 bits per heavy atom. The largest absolute Gasteiger partial charge is 0.365 e. The number of halogens is 2. The van der Waals surface area contributed by atoms with Gasteiger partial charge >= 0.3 is 0 Å². The number of rotatable bonds is 6. The lowest BCUT2D eigenvalue weighted by Crippen LogP contribution is -2.10. The molecule has 6 heteroatoms. The smallest absolute Gasteiger partial charge is 0.142 e. The van der Waals surface area contributed by atoms with Gasteiger partial charge in [0.15, 0.2) is 0 Å². The molecule has 2 aliphatic rings. The molecule has 0 saturated heterocycles. The van der Waals surface area contributed by atoms with Crippen LogP contribution in [0.2, 0.25) is 0 Å². The average molecular weight is 686 g/mol. The first kappa shape index (κ1) is 23.3. The Morgan fingerprint density at radius 3 is 2.54 bits per heavy atom. The van der Waals surface area contributed by atoms with Crippen LogP contribution in [0, 0.1) is 20.0 Å². The average Bonchev–Trinajstić information content (AvgIpc) is 3.44. The van der Waals surface area contributed by atoms with E-state index in [-0.39, 0.29) is 0 Å². The summed E-state index contributed by atoms with van der Waals surface area (Å²) in [4.78, 5) is 12.1. The summed E-state index contributed by atoms with van der Waals surface area (Å²) in [6.45, 7) is 2.24. The molecule has 178 valence electrons. The molecule has 2 aromatic carbocycles. The number of nitrogens with one attached hydrogen (secondary N) is 3. The molecule has 0 radical (unpaired) electrons. The van der Waals surface area contributed by atoms with Crippen molar-refractivity contribution in [2.75, 3.05) is 5.32 Å². The first-order chi connectivity index (χ1) is 17.1. The molecule has 3 N–H and O–H groups in total. The number of aromatic nitrogens is 3. The Hall–Kier alpha value is -2.07. The fourth-order valence-corrected chi connectivity index (χ4v) is 7.37. The molecule has 0 atom stereocenters. The molecule has 0 unspecified atom stereocenters. The highest BCUT2D eigenvalue weighted by molar-refractivity contribution is 14.1. The number of fused-ring (bicyclic) bond motifs is 1. The van der Waals surface area contributed by atoms with E-state index in [2.05, 4.69) is 110 Å². The molecule has 2 aromatic heterocycles. The second-order valence-corrected chi connectivity index (χ2v) is 12.0. The normalized spacial score (nSPS) is 15.7. The molecule has 6 rings (SSSR count). The van der Waals surface area contributed by atoms with Crippen molar-refractivity contribution in [1.82, 2.24) is 15.0 Å². The molecule has 2 heterocycles. The maximum absolute atomic E-state index is 5.17. The lowest BCUT2D eigenvalue weighted by molar-refractivity contribution is 0.357. The Balaban J connectivity index is 1.36. The molecule has 0 amide bonds. The van der Waals surface area contributed by atoms with Crippen molar-refractivity contribution < 1.29 is 0 Å². The van der Waals surface area contributed by atoms with E-state index >= 15 is 0 Å². The van der Waals surface area contributed by atoms with Gasteiger partial charge < -0.3 is 15.3 Å². The van der Waals surface area contributed by atoms with Crippen LogP contribution in [-0.4, -0.2) is 15.0 Å². The predicted molar refractivity (Wildman–Crippen MR) is 162 cm³/mol. The number of allylic oxidation sites excluding steroid dienone is 3. The van der Waals surface area contributed by atoms with Gasteiger partial charge in [-0.1, -0.05) is 56.4 Å². The van der Waals surface area contributed by atoms with Crippen molar-refractivity contribution in [3.63, 3.8) is 0 Å². The lowest BCUT2D eigenvalue weighted by atomic mass is 9.83. The van der Waals surface area contributed by atoms with Crippen molar-refractivity contribution in [1.29, 1.82) is 0 Å². The maximum atomic E-state index is 5.17. The molecule has 0 aliphatic heterocycles. The van der Waals surface area contributed by atoms with E-state index < -0.39 is 0 Å². The summed E-state index contributed by atoms with van der Waals surface area (Å²) >= 11 is 4.86. The molecule has 0 bridgehead atoms. The van der Waals surface area contributed by atoms with Crippen LogP contribution in [0.3, 0.4) is 0 Å². The van der Waals surface area contributed by atoms with E-state index in [0.29, 0.717) is 0 Å². The zero-order chi connectivity index (χ0) is 23.9. The minimum absolute atomic E-state index is 0.786. The highest BCUT2D eigenvalue weighted by atomic mass is 127. The highest BCUT2D eigenvalue weighted by Gasteiger charge is 2.22. The summed E-state index contributed by atoms with van der Waals surface area (Å²) in [5.41, 5.74) is 10.7. The molecule has 4 aromatic rings. The SMILES string of the molecule is Cc1ccc2[nH]c(-c3c[nH]cc3NC(=C3C=C3)c3c(I)cccc3I)nc2c1CC1CCCCC1. The van der Waals surface area contributed by atoms with Crippen LogP contribution in [-0.2, 0) is 6.42 Å². The van der Waals surface area contributed by atoms with Gasteiger partial charge in [0, 0.05) is 25.1 Å². The fraction of sp³-hybridized carbons (Fsp3) is 0.276. The van der Waals surface area contributed by atoms with Gasteiger partial charge in [-0.25, -0.2) is 4.98 Å². The third-order valence-corrected chi connectivity index (χ3v) is 9.10. The van der Waals surface area contributed by atoms with Gasteiger partial charge in [-0.05, 0) is 99.3 Å². The van der Waals surface area contributed by atoms with E-state index in [4.69, 9.17) is 4.98 Å². The standard InChI is InChI=1S/C29H28I2N4/c1-17-10-13-24-28(20(17)14-18-6-3-2-4-7-18)35-29(34-24)21-15-32-16-25(21)33-27(19-11-12-19)26-22(30)8-5-9-23(26)31/h5,8-13,15-16,18,32-33H,2-4,6-7,14H2,1H3,(H,34,35). The van der Waals surface area contributed by atoms with Gasteiger partial charge in [-0.2, -0.15) is 0 Å². The first-order valence-corrected chi connectivity index (χ1v) is 14.5. The van der Waals surface area contributed by atoms with Gasteiger partial charge in [-0.3, -0.25) is 0 Å². The monoisotopic (exact) mass is 686 g/mol. The zero-order valence-corrected chi connectivity index (χ0v) is 24.0. The minimum atomic E-state index is 0.786. The number of imidazole rings is 1. The van der Waals surface area contributed by atoms with Crippen LogP contribution >= 0.6 is 45.2 Å². The summed E-state index contributed by atoms with van der Waals surface area (Å²) in [5, 5.41) is 3.74. The van der Waals surface area contributed by atoms with Crippen molar-refractivity contribution >= 4 is 67.6 Å². The van der Waals surface area contributed by atoms with Crippen molar-refractivity contribution in [3.8, 4) is 11.4 Å². The molecule has 1 fully saturated rings. The maximum Gasteiger partial charge on any atom is 0.142 e. The third kappa shape index (κ3) is 4.71. The first-order valence-electron chi connectivity index (χ1n) is 12.4. The summed E-state index contributed by atoms with van der Waals surface area (Å²) in [5.74, 6) is 1.69. The van der Waals surface area contributed by atoms with E-state index in [0.717, 1.165) is 46.1 Å². The number of nitrogens with zero attached hydrogens (tertiary/aromatic N) is 1. The molecular weight excluding hydrogens is 658 g/mol. The fourth-order valence-electron chi connectivity index (χ4n) is 5.32. The van der Waals surface area contributed by atoms with E-state index in [1.54, 1.807) is 0 Å². The quantitative estimate of drug-likeness (QED) is 0.178. The Bertz CT molecular complexity index is 1440. The van der Waals surface area contributed by atoms with Crippen LogP contribution in [0.15, 0.2) is 60.5 Å². The number of aryl methyl sites for hydroxylation is 1. The van der Waals surface area contributed by atoms with Crippen LogP contribution < -0.4 is 5.32 Å². The van der Waals surface area contributed by atoms with Crippen molar-refractivity contribution in [3.05, 3.63) is 84.3 Å². The van der Waals surface area contributed by atoms with Crippen molar-refractivity contribution in [2.45, 2.75) is 45.4 Å². The third-order valence-electron chi connectivity index (χ3n) is 7.31. The van der Waals surface area contributed by atoms with Gasteiger partial charge in [0.05, 0.1) is 28.0 Å². The number of benzene rings is 2. The summed E-state index contributed by atoms with van der Waals surface area (Å²) in [7, 11) is 0. The van der Waals surface area contributed by atoms with Crippen LogP contribution in [0.5, 0.6) is 0 Å². The molecule has 1 saturated carbocycles. The summed E-state index contributed by atoms with van der Waals surface area (Å²) in [6.07, 6.45) is 16.4. The Labute approximate surface area is 233 Å². The van der Waals surface area contributed by atoms with E-state index in [1.807, 2.05) is 12.4 Å². The van der Waals surface area contributed by atoms with Gasteiger partial charge in [-0.15, -0.1) is 0 Å². The summed E-state index contributed by atoms with van der Waals surface area (Å²) < 4.78 is 2.48. The zero-order valence-electron chi connectivity index (χ0n) is 19.7. The van der Waals surface area contributed by atoms with Gasteiger partial charge in [0.2, 0.25) is 0 Å². The topological polar surface area (TPSA) is 56.5 Å². The summed E-state index contributed by atoms with van der Waals surface area (Å²) in [6, 6.07) is 10.9. The number of aromatic amines is 2. The Kier molecular flexibility index (Phi) is 6.51. The van der Waals surface area contributed by atoms with Crippen molar-refractivity contribution in [2.24, 2.45) is 5.92 Å². The molecule has 35 heavy (non-hydrogen) atoms. The van der Waals surface area contributed by atoms with E-state index in [1.165, 1.54) is 61.5 Å². The second-order valence-electron chi connectivity index (χ2n) is 9.72. The van der Waals surface area contributed by atoms with Gasteiger partial charge in [0.25, 0.3) is 0 Å². The van der Waals surface area contributed by atoms with Crippen LogP contribution in [0.1, 0.15) is 48.8 Å². The number of hydrogen-bond donors (Lipinski definition) is 3. The van der Waals surface area contributed by atoms with Crippen LogP contribution in [0.25, 0.3) is 28.1 Å². The minimum Gasteiger partial charge on any atom is -0.365 e. The molecule has 4 nitrogen and oxygen atoms in total. The highest BCUT2D eigenvalue weighted by Crippen LogP contribution is 2.38. The molecule has 2 aliphatic carbocycles. The lowest BCUT2D eigenvalue weighted by Gasteiger charge is -2.22. The number of anilines is 1. The predicted octanol–water partition coefficient (Wildman–Crippen LogP) is 8.59. The molecule has 0 spiro atoms. The Morgan fingerprint density at radius 1 is 1.03 bits per heavy atom. The van der Waals surface area contributed by atoms with Crippen LogP contribution in [0.4, 0.5) is 5.69 Å². The molecular formula is C29H28I2N4.